The summed E-state index contributed by atoms with van der Waals surface area (Å²) < 4.78 is 0. The Bertz CT molecular complexity index is 892. The van der Waals surface area contributed by atoms with E-state index in [0.717, 1.165) is 29.5 Å². The number of hydrogen-bond donors (Lipinski definition) is 2. The predicted molar refractivity (Wildman–Crippen MR) is 103 cm³/mol. The molecule has 3 rings (SSSR count). The molecule has 3 aromatic carbocycles. The molecule has 0 saturated carbocycles. The molecule has 0 fully saturated rings. The van der Waals surface area contributed by atoms with Gasteiger partial charge in [-0.1, -0.05) is 60.7 Å². The van der Waals surface area contributed by atoms with Crippen LogP contribution in [0.15, 0.2) is 84.9 Å². The van der Waals surface area contributed by atoms with Crippen LogP contribution in [0.5, 0.6) is 5.75 Å². The van der Waals surface area contributed by atoms with Crippen molar-refractivity contribution in [2.24, 2.45) is 0 Å². The number of phenols is 1. The van der Waals surface area contributed by atoms with Crippen LogP contribution in [0.2, 0.25) is 0 Å². The number of aromatic carboxylic acids is 1. The number of hydrogen-bond acceptors (Lipinski definition) is 2. The number of benzene rings is 3. The van der Waals surface area contributed by atoms with Crippen molar-refractivity contribution in [1.82, 2.24) is 0 Å². The van der Waals surface area contributed by atoms with E-state index in [2.05, 4.69) is 18.2 Å². The first kappa shape index (κ1) is 17.5. The Morgan fingerprint density at radius 3 is 2.00 bits per heavy atom. The number of aromatic hydroxyl groups is 1. The maximum absolute atomic E-state index is 11.0. The topological polar surface area (TPSA) is 57.5 Å². The highest BCUT2D eigenvalue weighted by Crippen LogP contribution is 2.21. The Morgan fingerprint density at radius 1 is 0.769 bits per heavy atom. The van der Waals surface area contributed by atoms with Crippen molar-refractivity contribution in [1.29, 1.82) is 0 Å². The average molecular weight is 344 g/mol. The van der Waals surface area contributed by atoms with E-state index in [1.807, 2.05) is 42.5 Å². The zero-order valence-electron chi connectivity index (χ0n) is 14.3. The highest BCUT2D eigenvalue weighted by atomic mass is 16.4. The summed E-state index contributed by atoms with van der Waals surface area (Å²) in [6.07, 6.45) is 3.67. The van der Waals surface area contributed by atoms with Crippen molar-refractivity contribution in [2.45, 2.75) is 12.8 Å². The average Bonchev–Trinajstić information content (AvgIpc) is 2.67. The maximum atomic E-state index is 11.0. The molecule has 0 aliphatic heterocycles. The second-order valence-corrected chi connectivity index (χ2v) is 6.14. The van der Waals surface area contributed by atoms with E-state index < -0.39 is 5.97 Å². The van der Waals surface area contributed by atoms with Gasteiger partial charge in [-0.05, 0) is 59.4 Å². The lowest BCUT2D eigenvalue weighted by atomic mass is 9.95. The van der Waals surface area contributed by atoms with E-state index in [4.69, 9.17) is 5.11 Å². The molecule has 0 atom stereocenters. The highest BCUT2D eigenvalue weighted by molar-refractivity contribution is 5.87. The number of allylic oxidation sites excluding steroid dienone is 2. The smallest absolute Gasteiger partial charge is 0.335 e. The first-order valence-electron chi connectivity index (χ1n) is 8.46. The van der Waals surface area contributed by atoms with Gasteiger partial charge in [0.05, 0.1) is 5.56 Å². The number of carbonyl (C=O) groups is 1. The van der Waals surface area contributed by atoms with Crippen LogP contribution in [-0.2, 0) is 12.8 Å². The van der Waals surface area contributed by atoms with Crippen molar-refractivity contribution >= 4 is 11.5 Å². The standard InChI is InChI=1S/C23H20O3/c24-22-14-9-17(10-15-22)6-13-21(19-4-2-1-3-5-19)16-18-7-11-20(12-8-18)23(25)26/h1-5,7-15,24H,6,16H2,(H,25,26). The lowest BCUT2D eigenvalue weighted by molar-refractivity contribution is 0.0697. The van der Waals surface area contributed by atoms with Crippen molar-refractivity contribution in [3.8, 4) is 5.75 Å². The molecule has 0 unspecified atom stereocenters. The highest BCUT2D eigenvalue weighted by Gasteiger charge is 2.06. The van der Waals surface area contributed by atoms with Crippen LogP contribution in [0.3, 0.4) is 0 Å². The number of carboxylic acid groups (broad SMARTS) is 1. The van der Waals surface area contributed by atoms with Crippen molar-refractivity contribution in [2.75, 3.05) is 0 Å². The van der Waals surface area contributed by atoms with E-state index in [-0.39, 0.29) is 5.75 Å². The van der Waals surface area contributed by atoms with E-state index in [0.29, 0.717) is 5.56 Å². The maximum Gasteiger partial charge on any atom is 0.335 e. The third kappa shape index (κ3) is 4.61. The molecular formula is C23H20O3. The minimum absolute atomic E-state index is 0.263. The minimum Gasteiger partial charge on any atom is -0.508 e. The first-order chi connectivity index (χ1) is 12.6. The summed E-state index contributed by atoms with van der Waals surface area (Å²) in [4.78, 5) is 11.0. The van der Waals surface area contributed by atoms with Gasteiger partial charge < -0.3 is 10.2 Å². The van der Waals surface area contributed by atoms with E-state index >= 15 is 0 Å². The lowest BCUT2D eigenvalue weighted by Gasteiger charge is -2.09. The molecule has 130 valence electrons. The van der Waals surface area contributed by atoms with Crippen LogP contribution >= 0.6 is 0 Å². The van der Waals surface area contributed by atoms with Gasteiger partial charge in [-0.2, -0.15) is 0 Å². The molecule has 0 bridgehead atoms. The minimum atomic E-state index is -0.914. The van der Waals surface area contributed by atoms with Gasteiger partial charge in [-0.25, -0.2) is 4.79 Å². The Labute approximate surface area is 152 Å². The fourth-order valence-corrected chi connectivity index (χ4v) is 2.80. The summed E-state index contributed by atoms with van der Waals surface area (Å²) in [6.45, 7) is 0. The molecule has 2 N–H and O–H groups in total. The lowest BCUT2D eigenvalue weighted by Crippen LogP contribution is -1.97. The van der Waals surface area contributed by atoms with E-state index in [9.17, 15) is 9.90 Å². The molecule has 0 heterocycles. The Hall–Kier alpha value is -3.33. The number of rotatable bonds is 6. The molecule has 0 amide bonds. The normalized spacial score (nSPS) is 11.3. The van der Waals surface area contributed by atoms with Crippen LogP contribution in [0, 0.1) is 0 Å². The first-order valence-corrected chi connectivity index (χ1v) is 8.46. The van der Waals surface area contributed by atoms with Gasteiger partial charge >= 0.3 is 5.97 Å². The third-order valence-corrected chi connectivity index (χ3v) is 4.26. The molecule has 0 spiro atoms. The van der Waals surface area contributed by atoms with Crippen LogP contribution in [0.25, 0.3) is 5.57 Å². The Balaban J connectivity index is 1.84. The van der Waals surface area contributed by atoms with Gasteiger partial charge in [0.2, 0.25) is 0 Å². The van der Waals surface area contributed by atoms with Crippen LogP contribution < -0.4 is 0 Å². The fourth-order valence-electron chi connectivity index (χ4n) is 2.80. The summed E-state index contributed by atoms with van der Waals surface area (Å²) >= 11 is 0. The fraction of sp³-hybridized carbons (Fsp3) is 0.0870. The van der Waals surface area contributed by atoms with Crippen molar-refractivity contribution in [3.63, 3.8) is 0 Å². The van der Waals surface area contributed by atoms with Gasteiger partial charge in [0, 0.05) is 0 Å². The van der Waals surface area contributed by atoms with E-state index in [1.165, 1.54) is 5.57 Å². The largest absolute Gasteiger partial charge is 0.508 e. The van der Waals surface area contributed by atoms with Gasteiger partial charge in [-0.3, -0.25) is 0 Å². The Kier molecular flexibility index (Phi) is 5.49. The van der Waals surface area contributed by atoms with Crippen LogP contribution in [0.4, 0.5) is 0 Å². The van der Waals surface area contributed by atoms with Gasteiger partial charge in [0.25, 0.3) is 0 Å². The van der Waals surface area contributed by atoms with Gasteiger partial charge in [-0.15, -0.1) is 0 Å². The van der Waals surface area contributed by atoms with E-state index in [1.54, 1.807) is 24.3 Å². The summed E-state index contributed by atoms with van der Waals surface area (Å²) in [5.41, 5.74) is 4.81. The molecule has 0 aliphatic rings. The van der Waals surface area contributed by atoms with Crippen molar-refractivity contribution in [3.05, 3.63) is 107 Å². The molecule has 3 aromatic rings. The molecule has 0 saturated heterocycles. The molecule has 3 heteroatoms. The summed E-state index contributed by atoms with van der Waals surface area (Å²) in [5.74, 6) is -0.651. The summed E-state index contributed by atoms with van der Waals surface area (Å²) in [6, 6.07) is 24.4. The van der Waals surface area contributed by atoms with Gasteiger partial charge in [0.15, 0.2) is 0 Å². The second-order valence-electron chi connectivity index (χ2n) is 6.14. The molecule has 26 heavy (non-hydrogen) atoms. The summed E-state index contributed by atoms with van der Waals surface area (Å²) in [7, 11) is 0. The molecule has 0 aromatic heterocycles. The molecular weight excluding hydrogens is 324 g/mol. The van der Waals surface area contributed by atoms with Crippen molar-refractivity contribution < 1.29 is 15.0 Å². The molecule has 0 radical (unpaired) electrons. The van der Waals surface area contributed by atoms with Crippen LogP contribution in [0.1, 0.15) is 27.0 Å². The molecule has 0 aliphatic carbocycles. The third-order valence-electron chi connectivity index (χ3n) is 4.26. The predicted octanol–water partition coefficient (Wildman–Crippen LogP) is 4.96. The van der Waals surface area contributed by atoms with Gasteiger partial charge in [0.1, 0.15) is 5.75 Å². The SMILES string of the molecule is O=C(O)c1ccc(CC(=CCc2ccc(O)cc2)c2ccccc2)cc1. The Morgan fingerprint density at radius 2 is 1.38 bits per heavy atom. The summed E-state index contributed by atoms with van der Waals surface area (Å²) in [5, 5.41) is 18.4. The second kappa shape index (κ2) is 8.17. The number of phenolic OH excluding ortho intramolecular Hbond substituents is 1. The zero-order valence-corrected chi connectivity index (χ0v) is 14.3. The zero-order chi connectivity index (χ0) is 18.4. The van der Waals surface area contributed by atoms with Crippen LogP contribution in [-0.4, -0.2) is 16.2 Å². The molecule has 3 nitrogen and oxygen atoms in total. The monoisotopic (exact) mass is 344 g/mol. The number of carboxylic acids is 1. The quantitative estimate of drug-likeness (QED) is 0.664.